The zero-order valence-corrected chi connectivity index (χ0v) is 17.1. The molecule has 0 saturated heterocycles. The maximum atomic E-state index is 12.8. The van der Waals surface area contributed by atoms with E-state index >= 15 is 0 Å². The lowest BCUT2D eigenvalue weighted by Gasteiger charge is -2.27. The number of amides is 1. The molecule has 0 saturated carbocycles. The van der Waals surface area contributed by atoms with Gasteiger partial charge in [-0.15, -0.1) is 11.3 Å². The molecule has 8 heteroatoms. The average molecular weight is 416 g/mol. The fourth-order valence-corrected chi connectivity index (χ4v) is 5.63. The Hall–Kier alpha value is -2.29. The van der Waals surface area contributed by atoms with E-state index in [1.807, 2.05) is 12.3 Å². The number of hydrogen-bond acceptors (Lipinski definition) is 5. The second-order valence-corrected chi connectivity index (χ2v) is 9.60. The summed E-state index contributed by atoms with van der Waals surface area (Å²) in [6.45, 7) is 3.27. The molecule has 0 unspecified atom stereocenters. The number of aryl methyl sites for hydroxylation is 1. The summed E-state index contributed by atoms with van der Waals surface area (Å²) < 4.78 is 28.1. The third-order valence-electron chi connectivity index (χ3n) is 5.01. The van der Waals surface area contributed by atoms with Crippen molar-refractivity contribution in [3.05, 3.63) is 57.9 Å². The van der Waals surface area contributed by atoms with Crippen molar-refractivity contribution < 1.29 is 13.2 Å². The van der Waals surface area contributed by atoms with Crippen LogP contribution in [0.5, 0.6) is 0 Å². The number of hydrogen-bond donors (Lipinski definition) is 1. The lowest BCUT2D eigenvalue weighted by Crippen LogP contribution is -2.37. The maximum Gasteiger partial charge on any atom is 0.241 e. The Balaban J connectivity index is 1.42. The minimum atomic E-state index is -3.73. The van der Waals surface area contributed by atoms with Gasteiger partial charge >= 0.3 is 0 Å². The van der Waals surface area contributed by atoms with E-state index in [1.54, 1.807) is 46.7 Å². The zero-order valence-electron chi connectivity index (χ0n) is 15.5. The number of thiophene rings is 1. The van der Waals surface area contributed by atoms with Crippen molar-refractivity contribution in [2.24, 2.45) is 0 Å². The Morgan fingerprint density at radius 3 is 3.00 bits per heavy atom. The van der Waals surface area contributed by atoms with Crippen LogP contribution in [0.4, 0.5) is 0 Å². The standard InChI is InChI=1S/C20H21N3O3S2/c1-14-4-5-18(16-3-2-9-21-20(14)16)28(25,26)22-10-6-19(24)23-11-7-17-15(13-23)8-12-27-17/h2-5,8-9,12,22H,6-7,10-11,13H2,1H3. The van der Waals surface area contributed by atoms with Gasteiger partial charge in [0.1, 0.15) is 0 Å². The van der Waals surface area contributed by atoms with Crippen LogP contribution < -0.4 is 4.72 Å². The van der Waals surface area contributed by atoms with Crippen LogP contribution in [0.15, 0.2) is 46.8 Å². The number of carbonyl (C=O) groups is 1. The highest BCUT2D eigenvalue weighted by Crippen LogP contribution is 2.25. The number of nitrogens with one attached hydrogen (secondary N) is 1. The number of pyridine rings is 1. The summed E-state index contributed by atoms with van der Waals surface area (Å²) in [5.74, 6) is -0.0324. The normalized spacial score (nSPS) is 14.2. The van der Waals surface area contributed by atoms with Crippen molar-refractivity contribution in [3.63, 3.8) is 0 Å². The van der Waals surface area contributed by atoms with Gasteiger partial charge in [0.25, 0.3) is 0 Å². The van der Waals surface area contributed by atoms with Gasteiger partial charge in [-0.25, -0.2) is 13.1 Å². The van der Waals surface area contributed by atoms with Crippen LogP contribution in [0.25, 0.3) is 10.9 Å². The van der Waals surface area contributed by atoms with Crippen molar-refractivity contribution in [2.45, 2.75) is 31.2 Å². The molecule has 1 aliphatic heterocycles. The molecule has 0 fully saturated rings. The Morgan fingerprint density at radius 2 is 2.14 bits per heavy atom. The summed E-state index contributed by atoms with van der Waals surface area (Å²) in [5, 5.41) is 2.63. The number of sulfonamides is 1. The van der Waals surface area contributed by atoms with Crippen LogP contribution in [-0.2, 0) is 27.8 Å². The monoisotopic (exact) mass is 415 g/mol. The van der Waals surface area contributed by atoms with Crippen molar-refractivity contribution in [1.29, 1.82) is 0 Å². The van der Waals surface area contributed by atoms with Gasteiger partial charge in [0.05, 0.1) is 10.4 Å². The van der Waals surface area contributed by atoms with Crippen LogP contribution in [0.2, 0.25) is 0 Å². The number of fused-ring (bicyclic) bond motifs is 2. The molecule has 1 aromatic carbocycles. The van der Waals surface area contributed by atoms with Crippen LogP contribution in [0.1, 0.15) is 22.4 Å². The van der Waals surface area contributed by atoms with Gasteiger partial charge in [0, 0.05) is 42.5 Å². The second kappa shape index (κ2) is 7.62. The molecule has 6 nitrogen and oxygen atoms in total. The summed E-state index contributed by atoms with van der Waals surface area (Å²) in [6.07, 6.45) is 2.66. The molecule has 1 aliphatic rings. The number of rotatable bonds is 5. The van der Waals surface area contributed by atoms with Gasteiger partial charge in [-0.05, 0) is 54.1 Å². The van der Waals surface area contributed by atoms with E-state index in [0.29, 0.717) is 24.0 Å². The van der Waals surface area contributed by atoms with Crippen molar-refractivity contribution in [3.8, 4) is 0 Å². The highest BCUT2D eigenvalue weighted by Gasteiger charge is 2.23. The van der Waals surface area contributed by atoms with E-state index in [9.17, 15) is 13.2 Å². The summed E-state index contributed by atoms with van der Waals surface area (Å²) in [4.78, 5) is 20.1. The molecule has 3 heterocycles. The maximum absolute atomic E-state index is 12.8. The largest absolute Gasteiger partial charge is 0.338 e. The third-order valence-corrected chi connectivity index (χ3v) is 7.55. The highest BCUT2D eigenvalue weighted by atomic mass is 32.2. The Kier molecular flexibility index (Phi) is 5.18. The van der Waals surface area contributed by atoms with Crippen LogP contribution >= 0.6 is 11.3 Å². The number of aromatic nitrogens is 1. The zero-order chi connectivity index (χ0) is 19.7. The Labute approximate surface area is 168 Å². The molecule has 1 N–H and O–H groups in total. The number of benzene rings is 1. The van der Waals surface area contributed by atoms with Gasteiger partial charge < -0.3 is 4.90 Å². The van der Waals surface area contributed by atoms with Gasteiger partial charge in [-0.3, -0.25) is 9.78 Å². The average Bonchev–Trinajstić information content (AvgIpc) is 3.16. The molecule has 0 aliphatic carbocycles. The summed E-state index contributed by atoms with van der Waals surface area (Å²) >= 11 is 1.73. The molecule has 3 aromatic rings. The van der Waals surface area contributed by atoms with Crippen molar-refractivity contribution >= 4 is 38.2 Å². The van der Waals surface area contributed by atoms with E-state index in [0.717, 1.165) is 12.0 Å². The lowest BCUT2D eigenvalue weighted by molar-refractivity contribution is -0.131. The second-order valence-electron chi connectivity index (χ2n) is 6.86. The Bertz CT molecular complexity index is 1140. The molecule has 1 amide bonds. The van der Waals surface area contributed by atoms with Gasteiger partial charge in [0.2, 0.25) is 15.9 Å². The number of carbonyl (C=O) groups excluding carboxylic acids is 1. The topological polar surface area (TPSA) is 79.4 Å². The fraction of sp³-hybridized carbons (Fsp3) is 0.300. The van der Waals surface area contributed by atoms with E-state index in [2.05, 4.69) is 15.8 Å². The fourth-order valence-electron chi connectivity index (χ4n) is 3.51. The molecular formula is C20H21N3O3S2. The molecule has 4 rings (SSSR count). The first-order valence-electron chi connectivity index (χ1n) is 9.13. The third kappa shape index (κ3) is 3.67. The first-order valence-corrected chi connectivity index (χ1v) is 11.5. The molecular weight excluding hydrogens is 394 g/mol. The van der Waals surface area contributed by atoms with E-state index < -0.39 is 10.0 Å². The number of nitrogens with zero attached hydrogens (tertiary/aromatic N) is 2. The molecule has 0 radical (unpaired) electrons. The molecule has 0 atom stereocenters. The van der Waals surface area contributed by atoms with Crippen LogP contribution in [0.3, 0.4) is 0 Å². The smallest absolute Gasteiger partial charge is 0.241 e. The first kappa shape index (κ1) is 19.0. The van der Waals surface area contributed by atoms with Crippen LogP contribution in [-0.4, -0.2) is 37.3 Å². The predicted molar refractivity (Wildman–Crippen MR) is 110 cm³/mol. The summed E-state index contributed by atoms with van der Waals surface area (Å²) in [5.41, 5.74) is 2.78. The SMILES string of the molecule is Cc1ccc(S(=O)(=O)NCCC(=O)N2CCc3sccc3C2)c2cccnc12. The highest BCUT2D eigenvalue weighted by molar-refractivity contribution is 7.89. The van der Waals surface area contributed by atoms with Crippen LogP contribution in [0, 0.1) is 6.92 Å². The molecule has 0 bridgehead atoms. The molecule has 2 aromatic heterocycles. The lowest BCUT2D eigenvalue weighted by atomic mass is 10.1. The first-order chi connectivity index (χ1) is 13.5. The van der Waals surface area contributed by atoms with Gasteiger partial charge in [-0.2, -0.15) is 0 Å². The quantitative estimate of drug-likeness (QED) is 0.695. The van der Waals surface area contributed by atoms with E-state index in [4.69, 9.17) is 0 Å². The van der Waals surface area contributed by atoms with Crippen molar-refractivity contribution in [1.82, 2.24) is 14.6 Å². The molecule has 146 valence electrons. The minimum absolute atomic E-state index is 0.0324. The summed E-state index contributed by atoms with van der Waals surface area (Å²) in [7, 11) is -3.73. The summed E-state index contributed by atoms with van der Waals surface area (Å²) in [6, 6.07) is 8.87. The van der Waals surface area contributed by atoms with Gasteiger partial charge in [-0.1, -0.05) is 6.07 Å². The Morgan fingerprint density at radius 1 is 1.29 bits per heavy atom. The van der Waals surface area contributed by atoms with E-state index in [1.165, 1.54) is 10.4 Å². The molecule has 28 heavy (non-hydrogen) atoms. The van der Waals surface area contributed by atoms with Gasteiger partial charge in [0.15, 0.2) is 0 Å². The minimum Gasteiger partial charge on any atom is -0.338 e. The van der Waals surface area contributed by atoms with E-state index in [-0.39, 0.29) is 23.8 Å². The molecule has 0 spiro atoms. The predicted octanol–water partition coefficient (Wildman–Crippen LogP) is 2.86. The van der Waals surface area contributed by atoms with Crippen molar-refractivity contribution in [2.75, 3.05) is 13.1 Å².